The topological polar surface area (TPSA) is 89.3 Å². The van der Waals surface area contributed by atoms with E-state index in [4.69, 9.17) is 0 Å². The van der Waals surface area contributed by atoms with Crippen molar-refractivity contribution >= 4 is 33.0 Å². The predicted octanol–water partition coefficient (Wildman–Crippen LogP) is 3.79. The van der Waals surface area contributed by atoms with Gasteiger partial charge < -0.3 is 5.32 Å². The molecule has 1 heterocycles. The molecule has 0 bridgehead atoms. The van der Waals surface area contributed by atoms with Gasteiger partial charge in [-0.05, 0) is 30.2 Å². The monoisotopic (exact) mass is 382 g/mol. The molecule has 6 nitrogen and oxygen atoms in total. The fourth-order valence-electron chi connectivity index (χ4n) is 2.85. The van der Waals surface area contributed by atoms with E-state index >= 15 is 0 Å². The minimum Gasteiger partial charge on any atom is -0.373 e. The molecule has 0 amide bonds. The Labute approximate surface area is 148 Å². The first-order valence-electron chi connectivity index (χ1n) is 7.44. The summed E-state index contributed by atoms with van der Waals surface area (Å²) in [5.74, 6) is 0.332. The maximum Gasteiger partial charge on any atom is 0.310 e. The number of benzene rings is 2. The molecule has 0 spiro atoms. The van der Waals surface area contributed by atoms with Crippen molar-refractivity contribution in [2.24, 2.45) is 0 Å². The maximum absolute atomic E-state index is 14.0. The largest absolute Gasteiger partial charge is 0.373 e. The Hall–Kier alpha value is -2.13. The first-order valence-corrected chi connectivity index (χ1v) is 10.3. The summed E-state index contributed by atoms with van der Waals surface area (Å²) in [6.45, 7) is 0. The van der Waals surface area contributed by atoms with E-state index in [1.54, 1.807) is 12.1 Å². The Morgan fingerprint density at radius 1 is 1.28 bits per heavy atom. The van der Waals surface area contributed by atoms with Crippen LogP contribution in [0.25, 0.3) is 0 Å². The number of rotatable bonds is 4. The first kappa shape index (κ1) is 17.7. The van der Waals surface area contributed by atoms with Crippen LogP contribution in [0.15, 0.2) is 46.2 Å². The summed E-state index contributed by atoms with van der Waals surface area (Å²) in [5.41, 5.74) is 0.344. The van der Waals surface area contributed by atoms with E-state index in [1.807, 2.05) is 0 Å². The molecule has 0 aromatic heterocycles. The molecule has 0 radical (unpaired) electrons. The third-order valence-electron chi connectivity index (χ3n) is 3.94. The highest BCUT2D eigenvalue weighted by Crippen LogP contribution is 2.41. The van der Waals surface area contributed by atoms with Crippen molar-refractivity contribution in [2.75, 3.05) is 17.3 Å². The molecular formula is C16H15FN2O4S2. The number of hydrogen-bond donors (Lipinski definition) is 1. The second kappa shape index (κ2) is 6.64. The predicted molar refractivity (Wildman–Crippen MR) is 94.3 cm³/mol. The van der Waals surface area contributed by atoms with Gasteiger partial charge in [0, 0.05) is 16.9 Å². The van der Waals surface area contributed by atoms with Gasteiger partial charge in [0.25, 0.3) is 0 Å². The van der Waals surface area contributed by atoms with E-state index in [-0.39, 0.29) is 22.4 Å². The zero-order valence-corrected chi connectivity index (χ0v) is 14.9. The first-order chi connectivity index (χ1) is 11.8. The Morgan fingerprint density at radius 2 is 2.00 bits per heavy atom. The number of thioether (sulfide) groups is 1. The highest BCUT2D eigenvalue weighted by Gasteiger charge is 2.29. The Morgan fingerprint density at radius 3 is 2.68 bits per heavy atom. The molecule has 2 aromatic carbocycles. The molecule has 0 saturated carbocycles. The fraction of sp³-hybridized carbons (Fsp3) is 0.250. The SMILES string of the molecule is CS(=O)(=O)c1cccc(NC2CCSc3c(F)cccc32)c1[N+](=O)[O-]. The lowest BCUT2D eigenvalue weighted by molar-refractivity contribution is -0.386. The third kappa shape index (κ3) is 3.47. The molecule has 0 fully saturated rings. The summed E-state index contributed by atoms with van der Waals surface area (Å²) in [7, 11) is -3.75. The van der Waals surface area contributed by atoms with Crippen molar-refractivity contribution in [1.29, 1.82) is 0 Å². The van der Waals surface area contributed by atoms with Gasteiger partial charge in [-0.25, -0.2) is 12.8 Å². The molecule has 0 aliphatic carbocycles. The highest BCUT2D eigenvalue weighted by molar-refractivity contribution is 7.99. The molecule has 1 aliphatic heterocycles. The van der Waals surface area contributed by atoms with Gasteiger partial charge in [0.2, 0.25) is 0 Å². The molecule has 1 unspecified atom stereocenters. The van der Waals surface area contributed by atoms with Crippen LogP contribution >= 0.6 is 11.8 Å². The minimum atomic E-state index is -3.75. The number of hydrogen-bond acceptors (Lipinski definition) is 6. The van der Waals surface area contributed by atoms with Gasteiger partial charge in [0.15, 0.2) is 9.84 Å². The van der Waals surface area contributed by atoms with E-state index in [9.17, 15) is 22.9 Å². The van der Waals surface area contributed by atoms with Crippen molar-refractivity contribution < 1.29 is 17.7 Å². The zero-order chi connectivity index (χ0) is 18.2. The van der Waals surface area contributed by atoms with Gasteiger partial charge in [-0.2, -0.15) is 0 Å². The van der Waals surface area contributed by atoms with Crippen LogP contribution < -0.4 is 5.32 Å². The molecule has 0 saturated heterocycles. The Bertz CT molecular complexity index is 947. The van der Waals surface area contributed by atoms with Crippen LogP contribution in [0.1, 0.15) is 18.0 Å². The number of nitro benzene ring substituents is 1. The number of nitrogens with one attached hydrogen (secondary N) is 1. The van der Waals surface area contributed by atoms with Crippen molar-refractivity contribution in [3.8, 4) is 0 Å². The van der Waals surface area contributed by atoms with Crippen LogP contribution in [-0.2, 0) is 9.84 Å². The quantitative estimate of drug-likeness (QED) is 0.639. The van der Waals surface area contributed by atoms with Crippen LogP contribution in [0.5, 0.6) is 0 Å². The van der Waals surface area contributed by atoms with Crippen LogP contribution in [0.4, 0.5) is 15.8 Å². The maximum atomic E-state index is 14.0. The summed E-state index contributed by atoms with van der Waals surface area (Å²) in [6.07, 6.45) is 1.57. The summed E-state index contributed by atoms with van der Waals surface area (Å²) < 4.78 is 37.7. The number of fused-ring (bicyclic) bond motifs is 1. The minimum absolute atomic E-state index is 0.111. The Balaban J connectivity index is 2.06. The van der Waals surface area contributed by atoms with Gasteiger partial charge in [-0.15, -0.1) is 11.8 Å². The fourth-order valence-corrected chi connectivity index (χ4v) is 4.85. The third-order valence-corrected chi connectivity index (χ3v) is 6.22. The number of halogens is 1. The number of sulfone groups is 1. The number of nitro groups is 1. The number of anilines is 1. The van der Waals surface area contributed by atoms with Gasteiger partial charge in [-0.1, -0.05) is 18.2 Å². The smallest absolute Gasteiger partial charge is 0.310 e. The van der Waals surface area contributed by atoms with E-state index in [1.165, 1.54) is 36.0 Å². The van der Waals surface area contributed by atoms with E-state index < -0.39 is 20.4 Å². The van der Waals surface area contributed by atoms with Gasteiger partial charge in [0.1, 0.15) is 16.4 Å². The Kier molecular flexibility index (Phi) is 4.70. The normalized spacial score (nSPS) is 17.0. The lowest BCUT2D eigenvalue weighted by Crippen LogP contribution is -2.18. The van der Waals surface area contributed by atoms with E-state index in [0.29, 0.717) is 17.1 Å². The van der Waals surface area contributed by atoms with Gasteiger partial charge in [-0.3, -0.25) is 10.1 Å². The van der Waals surface area contributed by atoms with Gasteiger partial charge >= 0.3 is 5.69 Å². The molecule has 9 heteroatoms. The lowest BCUT2D eigenvalue weighted by Gasteiger charge is -2.27. The molecular weight excluding hydrogens is 367 g/mol. The van der Waals surface area contributed by atoms with E-state index in [2.05, 4.69) is 5.32 Å². The van der Waals surface area contributed by atoms with Crippen LogP contribution in [0, 0.1) is 15.9 Å². The van der Waals surface area contributed by atoms with Crippen molar-refractivity contribution in [3.63, 3.8) is 0 Å². The summed E-state index contributed by atoms with van der Waals surface area (Å²) in [6, 6.07) is 8.54. The highest BCUT2D eigenvalue weighted by atomic mass is 32.2. The summed E-state index contributed by atoms with van der Waals surface area (Å²) in [5, 5.41) is 14.5. The van der Waals surface area contributed by atoms with Crippen molar-refractivity contribution in [3.05, 3.63) is 57.9 Å². The lowest BCUT2D eigenvalue weighted by atomic mass is 10.0. The van der Waals surface area contributed by atoms with Gasteiger partial charge in [0.05, 0.1) is 11.0 Å². The van der Waals surface area contributed by atoms with E-state index in [0.717, 1.165) is 11.8 Å². The van der Waals surface area contributed by atoms with Crippen molar-refractivity contribution in [1.82, 2.24) is 0 Å². The molecule has 3 rings (SSSR count). The molecule has 2 aromatic rings. The molecule has 1 atom stereocenters. The second-order valence-corrected chi connectivity index (χ2v) is 8.76. The zero-order valence-electron chi connectivity index (χ0n) is 13.2. The van der Waals surface area contributed by atoms with Crippen molar-refractivity contribution in [2.45, 2.75) is 22.3 Å². The molecule has 1 N–H and O–H groups in total. The standard InChI is InChI=1S/C16H15FN2O4S2/c1-25(22,23)14-7-3-6-13(15(14)19(20)21)18-12-8-9-24-16-10(12)4-2-5-11(16)17/h2-7,12,18H,8-9H2,1H3. The average molecular weight is 382 g/mol. The average Bonchev–Trinajstić information content (AvgIpc) is 2.54. The summed E-state index contributed by atoms with van der Waals surface area (Å²) >= 11 is 1.40. The van der Waals surface area contributed by atoms with Crippen LogP contribution in [0.2, 0.25) is 0 Å². The molecule has 25 heavy (non-hydrogen) atoms. The van der Waals surface area contributed by atoms with Crippen LogP contribution in [-0.4, -0.2) is 25.3 Å². The van der Waals surface area contributed by atoms with Crippen LogP contribution in [0.3, 0.4) is 0 Å². The number of nitrogens with zero attached hydrogens (tertiary/aromatic N) is 1. The summed E-state index contributed by atoms with van der Waals surface area (Å²) in [4.78, 5) is 10.9. The molecule has 132 valence electrons. The molecule has 1 aliphatic rings. The second-order valence-electron chi connectivity index (χ2n) is 5.67. The number of para-hydroxylation sites is 1.